The van der Waals surface area contributed by atoms with E-state index in [1.165, 1.54) is 36.0 Å². The van der Waals surface area contributed by atoms with Gasteiger partial charge in [-0.2, -0.15) is 0 Å². The van der Waals surface area contributed by atoms with Gasteiger partial charge in [-0.3, -0.25) is 9.69 Å². The molecule has 0 aromatic heterocycles. The summed E-state index contributed by atoms with van der Waals surface area (Å²) in [7, 11) is 0. The van der Waals surface area contributed by atoms with Crippen LogP contribution in [0.4, 0.5) is 0 Å². The molecule has 0 radical (unpaired) electrons. The highest BCUT2D eigenvalue weighted by Gasteiger charge is 2.25. The van der Waals surface area contributed by atoms with Crippen molar-refractivity contribution in [2.75, 3.05) is 0 Å². The van der Waals surface area contributed by atoms with E-state index in [4.69, 9.17) is 0 Å². The summed E-state index contributed by atoms with van der Waals surface area (Å²) in [6.45, 7) is 5.55. The van der Waals surface area contributed by atoms with Crippen molar-refractivity contribution in [3.8, 4) is 11.1 Å². The molecule has 2 atom stereocenters. The van der Waals surface area contributed by atoms with Gasteiger partial charge in [-0.05, 0) is 49.4 Å². The standard InChI is InChI=1S/C21H25NO/c1-16-7-6-8-17(2)22(16)14-20-13-18(15-23)11-12-21(20)19-9-4-3-5-10-19/h3-5,9-13,15-17H,6-8,14H2,1-2H3. The van der Waals surface area contributed by atoms with E-state index in [9.17, 15) is 4.79 Å². The summed E-state index contributed by atoms with van der Waals surface area (Å²) >= 11 is 0. The van der Waals surface area contributed by atoms with Gasteiger partial charge < -0.3 is 0 Å². The van der Waals surface area contributed by atoms with Crippen LogP contribution in [-0.4, -0.2) is 23.3 Å². The minimum Gasteiger partial charge on any atom is -0.298 e. The molecule has 2 heteroatoms. The van der Waals surface area contributed by atoms with Gasteiger partial charge >= 0.3 is 0 Å². The lowest BCUT2D eigenvalue weighted by atomic mass is 9.93. The van der Waals surface area contributed by atoms with E-state index >= 15 is 0 Å². The van der Waals surface area contributed by atoms with Crippen LogP contribution < -0.4 is 0 Å². The Hall–Kier alpha value is -1.93. The summed E-state index contributed by atoms with van der Waals surface area (Å²) in [6.07, 6.45) is 4.79. The lowest BCUT2D eigenvalue weighted by Gasteiger charge is -2.39. The summed E-state index contributed by atoms with van der Waals surface area (Å²) < 4.78 is 0. The number of piperidine rings is 1. The predicted molar refractivity (Wildman–Crippen MR) is 95.6 cm³/mol. The third-order valence-corrected chi connectivity index (χ3v) is 5.08. The minimum absolute atomic E-state index is 0.599. The molecule has 0 bridgehead atoms. The fraction of sp³-hybridized carbons (Fsp3) is 0.381. The molecular formula is C21H25NO. The molecule has 0 N–H and O–H groups in total. The molecule has 2 aromatic rings. The van der Waals surface area contributed by atoms with Crippen LogP contribution in [-0.2, 0) is 6.54 Å². The van der Waals surface area contributed by atoms with E-state index in [0.29, 0.717) is 12.1 Å². The number of hydrogen-bond acceptors (Lipinski definition) is 2. The Morgan fingerprint density at radius 2 is 1.74 bits per heavy atom. The summed E-state index contributed by atoms with van der Waals surface area (Å²) in [6, 6.07) is 17.7. The third-order valence-electron chi connectivity index (χ3n) is 5.08. The number of carbonyl (C=O) groups is 1. The van der Waals surface area contributed by atoms with Gasteiger partial charge in [-0.1, -0.05) is 48.9 Å². The van der Waals surface area contributed by atoms with Crippen LogP contribution in [0.25, 0.3) is 11.1 Å². The molecule has 0 saturated carbocycles. The summed E-state index contributed by atoms with van der Waals surface area (Å²) in [4.78, 5) is 13.8. The SMILES string of the molecule is CC1CCCC(C)N1Cc1cc(C=O)ccc1-c1ccccc1. The van der Waals surface area contributed by atoms with Gasteiger partial charge in [0.2, 0.25) is 0 Å². The molecule has 3 rings (SSSR count). The second kappa shape index (κ2) is 7.10. The van der Waals surface area contributed by atoms with E-state index in [2.05, 4.69) is 55.1 Å². The average molecular weight is 307 g/mol. The minimum atomic E-state index is 0.599. The number of nitrogens with zero attached hydrogens (tertiary/aromatic N) is 1. The predicted octanol–water partition coefficient (Wildman–Crippen LogP) is 4.93. The zero-order valence-electron chi connectivity index (χ0n) is 14.0. The van der Waals surface area contributed by atoms with Gasteiger partial charge in [0.1, 0.15) is 6.29 Å². The Kier molecular flexibility index (Phi) is 4.92. The molecule has 120 valence electrons. The largest absolute Gasteiger partial charge is 0.298 e. The van der Waals surface area contributed by atoms with Gasteiger partial charge in [-0.25, -0.2) is 0 Å². The topological polar surface area (TPSA) is 20.3 Å². The molecule has 0 spiro atoms. The van der Waals surface area contributed by atoms with E-state index in [1.807, 2.05) is 12.1 Å². The first kappa shape index (κ1) is 15.9. The van der Waals surface area contributed by atoms with Crippen LogP contribution in [0.5, 0.6) is 0 Å². The number of rotatable bonds is 4. The maximum absolute atomic E-state index is 11.2. The molecule has 2 nitrogen and oxygen atoms in total. The number of hydrogen-bond donors (Lipinski definition) is 0. The molecule has 1 saturated heterocycles. The van der Waals surface area contributed by atoms with Crippen molar-refractivity contribution in [3.05, 3.63) is 59.7 Å². The molecule has 23 heavy (non-hydrogen) atoms. The first-order valence-electron chi connectivity index (χ1n) is 8.58. The normalized spacial score (nSPS) is 22.0. The van der Waals surface area contributed by atoms with Crippen LogP contribution in [0.3, 0.4) is 0 Å². The fourth-order valence-electron chi connectivity index (χ4n) is 3.70. The Morgan fingerprint density at radius 3 is 2.39 bits per heavy atom. The molecule has 0 amide bonds. The second-order valence-corrected chi connectivity index (χ2v) is 6.70. The fourth-order valence-corrected chi connectivity index (χ4v) is 3.70. The van der Waals surface area contributed by atoms with Gasteiger partial charge in [0.15, 0.2) is 0 Å². The average Bonchev–Trinajstić information content (AvgIpc) is 2.59. The summed E-state index contributed by atoms with van der Waals surface area (Å²) in [5, 5.41) is 0. The quantitative estimate of drug-likeness (QED) is 0.747. The molecule has 1 fully saturated rings. The Bertz CT molecular complexity index is 655. The monoisotopic (exact) mass is 307 g/mol. The maximum Gasteiger partial charge on any atom is 0.150 e. The van der Waals surface area contributed by atoms with Crippen molar-refractivity contribution < 1.29 is 4.79 Å². The first-order valence-corrected chi connectivity index (χ1v) is 8.58. The molecular weight excluding hydrogens is 282 g/mol. The lowest BCUT2D eigenvalue weighted by molar-refractivity contribution is 0.0954. The highest BCUT2D eigenvalue weighted by molar-refractivity contribution is 5.78. The van der Waals surface area contributed by atoms with Gasteiger partial charge in [0, 0.05) is 24.2 Å². The second-order valence-electron chi connectivity index (χ2n) is 6.70. The van der Waals surface area contributed by atoms with Crippen molar-refractivity contribution in [2.24, 2.45) is 0 Å². The van der Waals surface area contributed by atoms with Crippen molar-refractivity contribution in [1.82, 2.24) is 4.90 Å². The first-order chi connectivity index (χ1) is 11.2. The van der Waals surface area contributed by atoms with Crippen molar-refractivity contribution >= 4 is 6.29 Å². The third kappa shape index (κ3) is 3.53. The van der Waals surface area contributed by atoms with Crippen LogP contribution in [0.2, 0.25) is 0 Å². The van der Waals surface area contributed by atoms with Gasteiger partial charge in [0.05, 0.1) is 0 Å². The van der Waals surface area contributed by atoms with E-state index in [1.54, 1.807) is 0 Å². The smallest absolute Gasteiger partial charge is 0.150 e. The zero-order chi connectivity index (χ0) is 16.2. The van der Waals surface area contributed by atoms with Crippen LogP contribution in [0, 0.1) is 0 Å². The highest BCUT2D eigenvalue weighted by atomic mass is 16.1. The number of benzene rings is 2. The molecule has 1 aliphatic heterocycles. The van der Waals surface area contributed by atoms with Gasteiger partial charge in [0.25, 0.3) is 0 Å². The Balaban J connectivity index is 1.97. The highest BCUT2D eigenvalue weighted by Crippen LogP contribution is 2.30. The van der Waals surface area contributed by atoms with Crippen LogP contribution in [0.15, 0.2) is 48.5 Å². The molecule has 1 heterocycles. The summed E-state index contributed by atoms with van der Waals surface area (Å²) in [5.41, 5.74) is 4.47. The maximum atomic E-state index is 11.2. The Labute approximate surface area is 139 Å². The van der Waals surface area contributed by atoms with E-state index < -0.39 is 0 Å². The van der Waals surface area contributed by atoms with E-state index in [0.717, 1.165) is 18.4 Å². The van der Waals surface area contributed by atoms with E-state index in [-0.39, 0.29) is 0 Å². The zero-order valence-corrected chi connectivity index (χ0v) is 14.0. The summed E-state index contributed by atoms with van der Waals surface area (Å²) in [5.74, 6) is 0. The number of likely N-dealkylation sites (tertiary alicyclic amines) is 1. The lowest BCUT2D eigenvalue weighted by Crippen LogP contribution is -2.43. The number of carbonyl (C=O) groups excluding carboxylic acids is 1. The Morgan fingerprint density at radius 1 is 1.04 bits per heavy atom. The van der Waals surface area contributed by atoms with Crippen LogP contribution >= 0.6 is 0 Å². The molecule has 2 unspecified atom stereocenters. The van der Waals surface area contributed by atoms with Crippen LogP contribution in [0.1, 0.15) is 49.0 Å². The number of aldehydes is 1. The molecule has 1 aliphatic rings. The van der Waals surface area contributed by atoms with Crippen molar-refractivity contribution in [2.45, 2.75) is 51.7 Å². The van der Waals surface area contributed by atoms with Gasteiger partial charge in [-0.15, -0.1) is 0 Å². The van der Waals surface area contributed by atoms with Crippen molar-refractivity contribution in [3.63, 3.8) is 0 Å². The molecule has 2 aromatic carbocycles. The van der Waals surface area contributed by atoms with Crippen molar-refractivity contribution in [1.29, 1.82) is 0 Å². The molecule has 0 aliphatic carbocycles.